The molecule has 2 aromatic rings. The smallest absolute Gasteiger partial charge is 0.171 e. The molecular formula is C24H28FNO3. The predicted octanol–water partition coefficient (Wildman–Crippen LogP) is 4.84. The summed E-state index contributed by atoms with van der Waals surface area (Å²) >= 11 is 0. The zero-order valence-corrected chi connectivity index (χ0v) is 16.6. The summed E-state index contributed by atoms with van der Waals surface area (Å²) in [6.07, 6.45) is 12.7. The monoisotopic (exact) mass is 397 g/mol. The number of carbonyl (C=O) groups is 1. The van der Waals surface area contributed by atoms with Crippen molar-refractivity contribution >= 4 is 5.78 Å². The van der Waals surface area contributed by atoms with Gasteiger partial charge in [-0.25, -0.2) is 9.29 Å². The van der Waals surface area contributed by atoms with Gasteiger partial charge < -0.3 is 9.52 Å². The molecule has 3 rings (SSSR count). The average molecular weight is 397 g/mol. The first-order valence-electron chi connectivity index (χ1n) is 10.3. The largest absolute Gasteiger partial charge is 0.468 e. The first-order valence-corrected chi connectivity index (χ1v) is 10.3. The van der Waals surface area contributed by atoms with Gasteiger partial charge in [0.25, 0.3) is 0 Å². The van der Waals surface area contributed by atoms with Crippen LogP contribution in [0.15, 0.2) is 47.1 Å². The van der Waals surface area contributed by atoms with Gasteiger partial charge in [-0.2, -0.15) is 0 Å². The summed E-state index contributed by atoms with van der Waals surface area (Å²) in [6.45, 7) is 0.103. The molecular weight excluding hydrogens is 369 g/mol. The fourth-order valence-corrected chi connectivity index (χ4v) is 4.23. The number of hydrogen-bond donors (Lipinski definition) is 1. The second kappa shape index (κ2) is 10.4. The number of terminal acetylenes is 1. The van der Waals surface area contributed by atoms with Gasteiger partial charge >= 0.3 is 0 Å². The highest BCUT2D eigenvalue weighted by Gasteiger charge is 2.33. The Hall–Kier alpha value is -2.42. The average Bonchev–Trinajstić information content (AvgIpc) is 3.42. The topological polar surface area (TPSA) is 53.7 Å². The van der Waals surface area contributed by atoms with E-state index >= 15 is 0 Å². The fourth-order valence-electron chi connectivity index (χ4n) is 4.23. The number of ketones is 1. The van der Waals surface area contributed by atoms with Gasteiger partial charge in [0.15, 0.2) is 12.0 Å². The van der Waals surface area contributed by atoms with Gasteiger partial charge in [0.2, 0.25) is 0 Å². The molecule has 29 heavy (non-hydrogen) atoms. The number of carbonyl (C=O) groups excluding carboxylic acids is 1. The Labute approximate surface area is 171 Å². The molecule has 4 nitrogen and oxygen atoms in total. The number of nitrogens with zero attached hydrogens (tertiary/aromatic N) is 1. The number of hydrogen-bond acceptors (Lipinski definition) is 4. The number of benzene rings is 1. The molecule has 1 fully saturated rings. The molecule has 0 bridgehead atoms. The van der Waals surface area contributed by atoms with Gasteiger partial charge in [-0.1, -0.05) is 56.2 Å². The standard InChI is InChI=1S/C24H28FNO3/c1-2-23(28)26(17-19-12-8-16-29-19)24(20-13-5-6-14-21(20)25)22(27)15-7-11-18-9-3-4-10-18/h1,5-6,8,12-14,16,18,23-24,28H,3-4,7,9-11,15,17H2. The van der Waals surface area contributed by atoms with E-state index in [9.17, 15) is 14.3 Å². The summed E-state index contributed by atoms with van der Waals surface area (Å²) in [5.41, 5.74) is 0.222. The fraction of sp³-hybridized carbons (Fsp3) is 0.458. The Balaban J connectivity index is 1.83. The summed E-state index contributed by atoms with van der Waals surface area (Å²) in [5.74, 6) is 2.86. The highest BCUT2D eigenvalue weighted by atomic mass is 19.1. The lowest BCUT2D eigenvalue weighted by molar-refractivity contribution is -0.129. The van der Waals surface area contributed by atoms with Crippen LogP contribution in [0.25, 0.3) is 0 Å². The summed E-state index contributed by atoms with van der Waals surface area (Å²) in [7, 11) is 0. The highest BCUT2D eigenvalue weighted by molar-refractivity contribution is 5.85. The van der Waals surface area contributed by atoms with Crippen LogP contribution >= 0.6 is 0 Å². The second-order valence-corrected chi connectivity index (χ2v) is 7.73. The van der Waals surface area contributed by atoms with Crippen molar-refractivity contribution in [3.05, 3.63) is 59.8 Å². The minimum atomic E-state index is -1.34. The van der Waals surface area contributed by atoms with E-state index in [2.05, 4.69) is 5.92 Å². The molecule has 1 aromatic heterocycles. The van der Waals surface area contributed by atoms with Crippen molar-refractivity contribution in [2.45, 2.75) is 63.8 Å². The Bertz CT molecular complexity index is 821. The van der Waals surface area contributed by atoms with E-state index in [0.717, 1.165) is 12.8 Å². The molecule has 0 saturated heterocycles. The molecule has 0 amide bonds. The Kier molecular flexibility index (Phi) is 7.62. The van der Waals surface area contributed by atoms with E-state index in [-0.39, 0.29) is 17.9 Å². The molecule has 1 aliphatic rings. The Morgan fingerprint density at radius 1 is 1.28 bits per heavy atom. The van der Waals surface area contributed by atoms with Crippen LogP contribution in [0.4, 0.5) is 4.39 Å². The summed E-state index contributed by atoms with van der Waals surface area (Å²) < 4.78 is 20.0. The van der Waals surface area contributed by atoms with E-state index in [4.69, 9.17) is 10.8 Å². The quantitative estimate of drug-likeness (QED) is 0.460. The number of aliphatic hydroxyl groups is 1. The minimum Gasteiger partial charge on any atom is -0.468 e. The number of aliphatic hydroxyl groups excluding tert-OH is 1. The maximum Gasteiger partial charge on any atom is 0.171 e. The van der Waals surface area contributed by atoms with E-state index in [0.29, 0.717) is 18.1 Å². The van der Waals surface area contributed by atoms with Gasteiger partial charge in [0.05, 0.1) is 12.8 Å². The number of furan rings is 1. The zero-order valence-electron chi connectivity index (χ0n) is 16.6. The molecule has 154 valence electrons. The Morgan fingerprint density at radius 2 is 2.03 bits per heavy atom. The van der Waals surface area contributed by atoms with Gasteiger partial charge in [0, 0.05) is 12.0 Å². The van der Waals surface area contributed by atoms with Crippen LogP contribution in [0, 0.1) is 24.1 Å². The molecule has 5 heteroatoms. The SMILES string of the molecule is C#CC(O)N(Cc1ccco1)C(C(=O)CCCC1CCCC1)c1ccccc1F. The van der Waals surface area contributed by atoms with Gasteiger partial charge in [-0.05, 0) is 30.5 Å². The third-order valence-electron chi connectivity index (χ3n) is 5.73. The van der Waals surface area contributed by atoms with Gasteiger partial charge in [-0.3, -0.25) is 4.79 Å². The highest BCUT2D eigenvalue weighted by Crippen LogP contribution is 2.32. The molecule has 2 unspecified atom stereocenters. The van der Waals surface area contributed by atoms with Crippen LogP contribution in [-0.2, 0) is 11.3 Å². The van der Waals surface area contributed by atoms with Crippen LogP contribution in [-0.4, -0.2) is 22.0 Å². The van der Waals surface area contributed by atoms with Gasteiger partial charge in [0.1, 0.15) is 17.6 Å². The van der Waals surface area contributed by atoms with E-state index in [1.54, 1.807) is 30.3 Å². The lowest BCUT2D eigenvalue weighted by atomic mass is 9.93. The van der Waals surface area contributed by atoms with Crippen molar-refractivity contribution < 1.29 is 18.7 Å². The minimum absolute atomic E-state index is 0.103. The third-order valence-corrected chi connectivity index (χ3v) is 5.73. The molecule has 1 aromatic carbocycles. The summed E-state index contributed by atoms with van der Waals surface area (Å²) in [4.78, 5) is 14.7. The molecule has 0 radical (unpaired) electrons. The van der Waals surface area contributed by atoms with Crippen molar-refractivity contribution in [1.82, 2.24) is 4.90 Å². The third kappa shape index (κ3) is 5.56. The molecule has 1 saturated carbocycles. The number of rotatable bonds is 10. The van der Waals surface area contributed by atoms with Crippen LogP contribution in [0.1, 0.15) is 62.3 Å². The first kappa shape index (κ1) is 21.3. The normalized spacial score (nSPS) is 16.6. The van der Waals surface area contributed by atoms with E-state index < -0.39 is 18.1 Å². The molecule has 0 spiro atoms. The van der Waals surface area contributed by atoms with Crippen LogP contribution in [0.5, 0.6) is 0 Å². The van der Waals surface area contributed by atoms with Crippen molar-refractivity contribution in [3.8, 4) is 12.3 Å². The van der Waals surface area contributed by atoms with Crippen molar-refractivity contribution in [2.24, 2.45) is 5.92 Å². The lowest BCUT2D eigenvalue weighted by Gasteiger charge is -2.32. The van der Waals surface area contributed by atoms with Crippen LogP contribution in [0.2, 0.25) is 0 Å². The van der Waals surface area contributed by atoms with Crippen molar-refractivity contribution in [3.63, 3.8) is 0 Å². The summed E-state index contributed by atoms with van der Waals surface area (Å²) in [6, 6.07) is 8.64. The lowest BCUT2D eigenvalue weighted by Crippen LogP contribution is -2.41. The summed E-state index contributed by atoms with van der Waals surface area (Å²) in [5, 5.41) is 10.5. The van der Waals surface area contributed by atoms with Gasteiger partial charge in [-0.15, -0.1) is 6.42 Å². The van der Waals surface area contributed by atoms with Crippen LogP contribution < -0.4 is 0 Å². The maximum absolute atomic E-state index is 14.6. The molecule has 1 N–H and O–H groups in total. The number of Topliss-reactive ketones (excluding diaryl/α,β-unsaturated/α-hetero) is 1. The van der Waals surface area contributed by atoms with Crippen molar-refractivity contribution in [1.29, 1.82) is 0 Å². The molecule has 1 aliphatic carbocycles. The predicted molar refractivity (Wildman–Crippen MR) is 109 cm³/mol. The first-order chi connectivity index (χ1) is 14.1. The maximum atomic E-state index is 14.6. The van der Waals surface area contributed by atoms with Crippen LogP contribution in [0.3, 0.4) is 0 Å². The number of halogens is 1. The zero-order chi connectivity index (χ0) is 20.6. The van der Waals surface area contributed by atoms with E-state index in [1.807, 2.05) is 0 Å². The Morgan fingerprint density at radius 3 is 2.69 bits per heavy atom. The van der Waals surface area contributed by atoms with E-state index in [1.165, 1.54) is 42.9 Å². The molecule has 1 heterocycles. The second-order valence-electron chi connectivity index (χ2n) is 7.73. The molecule has 2 atom stereocenters. The molecule has 0 aliphatic heterocycles. The van der Waals surface area contributed by atoms with Crippen molar-refractivity contribution in [2.75, 3.05) is 0 Å².